The molecule has 2 aliphatic rings. The molecule has 0 aliphatic carbocycles. The Balaban J connectivity index is 1.70. The highest BCUT2D eigenvalue weighted by molar-refractivity contribution is 5.78. The monoisotopic (exact) mass is 312 g/mol. The molecule has 4 N–H and O–H groups in total. The number of amides is 1. The van der Waals surface area contributed by atoms with Crippen molar-refractivity contribution in [3.63, 3.8) is 0 Å². The van der Waals surface area contributed by atoms with Gasteiger partial charge in [0.25, 0.3) is 0 Å². The highest BCUT2D eigenvalue weighted by Crippen LogP contribution is 2.05. The van der Waals surface area contributed by atoms with Gasteiger partial charge in [0.2, 0.25) is 5.91 Å². The Bertz CT molecular complexity index is 427. The SMILES string of the molecule is N=C(N)N1CCN(CC(=O)N2CCN(CC(=O)O)CC2)CC1. The third-order valence-electron chi connectivity index (χ3n) is 4.16. The molecule has 2 aliphatic heterocycles. The van der Waals surface area contributed by atoms with Gasteiger partial charge in [0, 0.05) is 52.4 Å². The highest BCUT2D eigenvalue weighted by atomic mass is 16.4. The summed E-state index contributed by atoms with van der Waals surface area (Å²) in [7, 11) is 0. The molecule has 2 rings (SSSR count). The summed E-state index contributed by atoms with van der Waals surface area (Å²) in [5.41, 5.74) is 5.45. The maximum absolute atomic E-state index is 12.3. The summed E-state index contributed by atoms with van der Waals surface area (Å²) in [5.74, 6) is -0.658. The number of hydrogen-bond acceptors (Lipinski definition) is 5. The van der Waals surface area contributed by atoms with E-state index >= 15 is 0 Å². The van der Waals surface area contributed by atoms with Crippen LogP contribution in [-0.2, 0) is 9.59 Å². The van der Waals surface area contributed by atoms with Crippen LogP contribution in [0.2, 0.25) is 0 Å². The van der Waals surface area contributed by atoms with Crippen LogP contribution in [0, 0.1) is 5.41 Å². The Morgan fingerprint density at radius 1 is 0.864 bits per heavy atom. The second-order valence-corrected chi connectivity index (χ2v) is 5.70. The summed E-state index contributed by atoms with van der Waals surface area (Å²) in [5, 5.41) is 16.1. The molecule has 2 fully saturated rings. The first-order chi connectivity index (χ1) is 10.5. The predicted octanol–water partition coefficient (Wildman–Crippen LogP) is -2.27. The van der Waals surface area contributed by atoms with Gasteiger partial charge in [-0.3, -0.25) is 24.8 Å². The number of carboxylic acids is 1. The second kappa shape index (κ2) is 7.41. The van der Waals surface area contributed by atoms with Crippen LogP contribution in [0.5, 0.6) is 0 Å². The van der Waals surface area contributed by atoms with Crippen LogP contribution in [0.1, 0.15) is 0 Å². The molecule has 2 heterocycles. The number of nitrogens with zero attached hydrogens (tertiary/aromatic N) is 4. The van der Waals surface area contributed by atoms with Crippen LogP contribution < -0.4 is 5.73 Å². The predicted molar refractivity (Wildman–Crippen MR) is 80.6 cm³/mol. The molecule has 0 aromatic heterocycles. The van der Waals surface area contributed by atoms with Gasteiger partial charge >= 0.3 is 5.97 Å². The lowest BCUT2D eigenvalue weighted by molar-refractivity contribution is -0.139. The van der Waals surface area contributed by atoms with Crippen LogP contribution in [-0.4, -0.2) is 108 Å². The van der Waals surface area contributed by atoms with E-state index in [0.29, 0.717) is 45.8 Å². The number of carbonyl (C=O) groups is 2. The molecule has 0 saturated carbocycles. The minimum absolute atomic E-state index is 0.0367. The van der Waals surface area contributed by atoms with Gasteiger partial charge in [0.1, 0.15) is 0 Å². The first kappa shape index (κ1) is 16.5. The van der Waals surface area contributed by atoms with Crippen molar-refractivity contribution in [1.29, 1.82) is 5.41 Å². The zero-order valence-electron chi connectivity index (χ0n) is 12.7. The number of aliphatic carboxylic acids is 1. The summed E-state index contributed by atoms with van der Waals surface area (Å²) in [4.78, 5) is 30.5. The molecular weight excluding hydrogens is 288 g/mol. The minimum Gasteiger partial charge on any atom is -0.480 e. The Morgan fingerprint density at radius 2 is 1.32 bits per heavy atom. The van der Waals surface area contributed by atoms with Crippen molar-refractivity contribution in [2.45, 2.75) is 0 Å². The molecule has 2 saturated heterocycles. The molecule has 0 unspecified atom stereocenters. The standard InChI is InChI=1S/C13H24N6O3/c14-13(15)19-7-3-16(4-8-19)9-11(20)18-5-1-17(2-6-18)10-12(21)22/h1-10H2,(H3,14,15)(H,21,22). The van der Waals surface area contributed by atoms with Crippen molar-refractivity contribution in [3.05, 3.63) is 0 Å². The van der Waals surface area contributed by atoms with Crippen molar-refractivity contribution in [2.75, 3.05) is 65.4 Å². The van der Waals surface area contributed by atoms with Crippen LogP contribution in [0.4, 0.5) is 0 Å². The zero-order chi connectivity index (χ0) is 16.1. The Morgan fingerprint density at radius 3 is 1.77 bits per heavy atom. The van der Waals surface area contributed by atoms with Gasteiger partial charge in [-0.2, -0.15) is 0 Å². The maximum atomic E-state index is 12.3. The third kappa shape index (κ3) is 4.57. The molecule has 0 bridgehead atoms. The molecule has 0 aromatic carbocycles. The van der Waals surface area contributed by atoms with Gasteiger partial charge in [-0.15, -0.1) is 0 Å². The van der Waals surface area contributed by atoms with Gasteiger partial charge < -0.3 is 20.6 Å². The number of hydrogen-bond donors (Lipinski definition) is 3. The van der Waals surface area contributed by atoms with Gasteiger partial charge in [0.15, 0.2) is 5.96 Å². The molecular formula is C13H24N6O3. The fourth-order valence-electron chi connectivity index (χ4n) is 2.78. The third-order valence-corrected chi connectivity index (χ3v) is 4.16. The lowest BCUT2D eigenvalue weighted by Gasteiger charge is -2.37. The van der Waals surface area contributed by atoms with Crippen molar-refractivity contribution < 1.29 is 14.7 Å². The van der Waals surface area contributed by atoms with Crippen LogP contribution in [0.3, 0.4) is 0 Å². The molecule has 124 valence electrons. The summed E-state index contributed by atoms with van der Waals surface area (Å²) in [6.45, 7) is 5.60. The van der Waals surface area contributed by atoms with Gasteiger partial charge in [0.05, 0.1) is 13.1 Å². The summed E-state index contributed by atoms with van der Waals surface area (Å²) in [6.07, 6.45) is 0. The summed E-state index contributed by atoms with van der Waals surface area (Å²) >= 11 is 0. The molecule has 9 heteroatoms. The highest BCUT2D eigenvalue weighted by Gasteiger charge is 2.25. The van der Waals surface area contributed by atoms with Gasteiger partial charge in [-0.1, -0.05) is 0 Å². The number of nitrogens with two attached hydrogens (primary N) is 1. The molecule has 22 heavy (non-hydrogen) atoms. The largest absolute Gasteiger partial charge is 0.480 e. The van der Waals surface area contributed by atoms with E-state index in [1.807, 2.05) is 4.90 Å². The number of carbonyl (C=O) groups excluding carboxylic acids is 1. The summed E-state index contributed by atoms with van der Waals surface area (Å²) in [6, 6.07) is 0. The number of carboxylic acid groups (broad SMARTS) is 1. The van der Waals surface area contributed by atoms with Crippen molar-refractivity contribution in [3.8, 4) is 0 Å². The van der Waals surface area contributed by atoms with E-state index < -0.39 is 5.97 Å². The molecule has 1 amide bonds. The van der Waals surface area contributed by atoms with Crippen molar-refractivity contribution >= 4 is 17.8 Å². The second-order valence-electron chi connectivity index (χ2n) is 5.70. The molecule has 0 aromatic rings. The van der Waals surface area contributed by atoms with E-state index in [9.17, 15) is 9.59 Å². The van der Waals surface area contributed by atoms with Crippen molar-refractivity contribution in [1.82, 2.24) is 19.6 Å². The van der Waals surface area contributed by atoms with E-state index in [-0.39, 0.29) is 18.4 Å². The molecule has 0 spiro atoms. The molecule has 9 nitrogen and oxygen atoms in total. The zero-order valence-corrected chi connectivity index (χ0v) is 12.7. The number of nitrogens with one attached hydrogen (secondary N) is 1. The van der Waals surface area contributed by atoms with E-state index in [4.69, 9.17) is 16.2 Å². The van der Waals surface area contributed by atoms with Crippen LogP contribution in [0.15, 0.2) is 0 Å². The van der Waals surface area contributed by atoms with E-state index in [2.05, 4.69) is 4.90 Å². The van der Waals surface area contributed by atoms with Crippen LogP contribution in [0.25, 0.3) is 0 Å². The van der Waals surface area contributed by atoms with E-state index in [1.54, 1.807) is 9.80 Å². The minimum atomic E-state index is -0.830. The Hall–Kier alpha value is -1.87. The lowest BCUT2D eigenvalue weighted by atomic mass is 10.2. The molecule has 0 atom stereocenters. The Kier molecular flexibility index (Phi) is 5.56. The molecule has 0 radical (unpaired) electrons. The normalized spacial score (nSPS) is 20.9. The van der Waals surface area contributed by atoms with E-state index in [1.165, 1.54) is 0 Å². The summed E-state index contributed by atoms with van der Waals surface area (Å²) < 4.78 is 0. The first-order valence-electron chi connectivity index (χ1n) is 7.49. The van der Waals surface area contributed by atoms with Gasteiger partial charge in [-0.05, 0) is 0 Å². The lowest BCUT2D eigenvalue weighted by Crippen LogP contribution is -2.55. The number of rotatable bonds is 4. The van der Waals surface area contributed by atoms with Gasteiger partial charge in [-0.25, -0.2) is 0 Å². The van der Waals surface area contributed by atoms with E-state index in [0.717, 1.165) is 13.1 Å². The topological polar surface area (TPSA) is 117 Å². The maximum Gasteiger partial charge on any atom is 0.317 e. The number of piperazine rings is 2. The quantitative estimate of drug-likeness (QED) is 0.396. The fourth-order valence-corrected chi connectivity index (χ4v) is 2.78. The smallest absolute Gasteiger partial charge is 0.317 e. The average molecular weight is 312 g/mol. The Labute approximate surface area is 129 Å². The number of guanidine groups is 1. The average Bonchev–Trinajstić information content (AvgIpc) is 2.48. The fraction of sp³-hybridized carbons (Fsp3) is 0.769. The first-order valence-corrected chi connectivity index (χ1v) is 7.49. The van der Waals surface area contributed by atoms with Crippen molar-refractivity contribution in [2.24, 2.45) is 5.73 Å². The van der Waals surface area contributed by atoms with Crippen LogP contribution >= 0.6 is 0 Å².